The van der Waals surface area contributed by atoms with Crippen molar-refractivity contribution < 1.29 is 9.84 Å². The van der Waals surface area contributed by atoms with Crippen molar-refractivity contribution >= 4 is 0 Å². The van der Waals surface area contributed by atoms with Crippen LogP contribution >= 0.6 is 0 Å². The molecule has 3 nitrogen and oxygen atoms in total. The van der Waals surface area contributed by atoms with Gasteiger partial charge in [-0.15, -0.1) is 0 Å². The van der Waals surface area contributed by atoms with Crippen LogP contribution in [0.3, 0.4) is 0 Å². The molecule has 0 saturated carbocycles. The van der Waals surface area contributed by atoms with E-state index in [-0.39, 0.29) is 11.7 Å². The Bertz CT molecular complexity index is 257. The minimum absolute atomic E-state index is 0.176. The number of aliphatic hydroxyl groups is 1. The summed E-state index contributed by atoms with van der Waals surface area (Å²) in [6, 6.07) is 0.436. The van der Waals surface area contributed by atoms with Gasteiger partial charge < -0.3 is 14.7 Å². The van der Waals surface area contributed by atoms with Gasteiger partial charge in [0.15, 0.2) is 0 Å². The van der Waals surface area contributed by atoms with Crippen molar-refractivity contribution in [1.82, 2.24) is 4.90 Å². The second-order valence-corrected chi connectivity index (χ2v) is 6.04. The molecule has 0 aromatic heterocycles. The number of hydrogen-bond donors (Lipinski definition) is 1. The second-order valence-electron chi connectivity index (χ2n) is 6.04. The molecule has 1 heterocycles. The molecular weight excluding hydrogens is 214 g/mol. The summed E-state index contributed by atoms with van der Waals surface area (Å²) in [5.41, 5.74) is 0.932. The molecule has 0 bridgehead atoms. The van der Waals surface area contributed by atoms with E-state index in [0.717, 1.165) is 25.1 Å². The van der Waals surface area contributed by atoms with Crippen molar-refractivity contribution in [1.29, 1.82) is 0 Å². The molecule has 0 aromatic carbocycles. The molecule has 0 aliphatic carbocycles. The summed E-state index contributed by atoms with van der Waals surface area (Å²) in [5.74, 6) is 0. The fourth-order valence-corrected chi connectivity index (χ4v) is 2.31. The van der Waals surface area contributed by atoms with E-state index in [0.29, 0.717) is 12.6 Å². The number of allylic oxidation sites excluding steroid dienone is 1. The van der Waals surface area contributed by atoms with Crippen LogP contribution in [0, 0.1) is 0 Å². The van der Waals surface area contributed by atoms with Crippen LogP contribution in [0.15, 0.2) is 12.3 Å². The van der Waals surface area contributed by atoms with E-state index < -0.39 is 0 Å². The van der Waals surface area contributed by atoms with E-state index in [1.54, 1.807) is 0 Å². The lowest BCUT2D eigenvalue weighted by Crippen LogP contribution is -2.34. The Morgan fingerprint density at radius 3 is 2.71 bits per heavy atom. The smallest absolute Gasteiger partial charge is 0.0793 e. The molecule has 0 aromatic rings. The molecule has 17 heavy (non-hydrogen) atoms. The fourth-order valence-electron chi connectivity index (χ4n) is 2.31. The van der Waals surface area contributed by atoms with Gasteiger partial charge in [-0.25, -0.2) is 0 Å². The van der Waals surface area contributed by atoms with E-state index in [1.807, 2.05) is 27.7 Å². The highest BCUT2D eigenvalue weighted by molar-refractivity contribution is 4.96. The van der Waals surface area contributed by atoms with E-state index in [9.17, 15) is 5.11 Å². The van der Waals surface area contributed by atoms with Crippen molar-refractivity contribution in [2.45, 2.75) is 64.7 Å². The molecule has 0 radical (unpaired) electrons. The highest BCUT2D eigenvalue weighted by Gasteiger charge is 2.26. The first kappa shape index (κ1) is 14.5. The van der Waals surface area contributed by atoms with Gasteiger partial charge in [-0.3, -0.25) is 0 Å². The Morgan fingerprint density at radius 2 is 2.18 bits per heavy atom. The maximum absolute atomic E-state index is 9.99. The first-order chi connectivity index (χ1) is 7.79. The van der Waals surface area contributed by atoms with Crippen LogP contribution in [0.1, 0.15) is 47.0 Å². The van der Waals surface area contributed by atoms with Crippen LogP contribution < -0.4 is 0 Å². The van der Waals surface area contributed by atoms with Crippen LogP contribution in [0.4, 0.5) is 0 Å². The lowest BCUT2D eigenvalue weighted by molar-refractivity contribution is -0.0543. The minimum atomic E-state index is -0.376. The molecule has 1 aliphatic rings. The maximum atomic E-state index is 9.99. The summed E-state index contributed by atoms with van der Waals surface area (Å²) in [6.45, 7) is 13.6. The van der Waals surface area contributed by atoms with Gasteiger partial charge in [-0.2, -0.15) is 0 Å². The van der Waals surface area contributed by atoms with Gasteiger partial charge in [-0.05, 0) is 47.0 Å². The fraction of sp³-hybridized carbons (Fsp3) is 0.857. The average Bonchev–Trinajstić information content (AvgIpc) is 2.62. The summed E-state index contributed by atoms with van der Waals surface area (Å²) in [5, 5.41) is 9.99. The van der Waals surface area contributed by atoms with Gasteiger partial charge in [0.1, 0.15) is 0 Å². The van der Waals surface area contributed by atoms with Crippen LogP contribution in [0.2, 0.25) is 0 Å². The predicted molar refractivity (Wildman–Crippen MR) is 70.9 cm³/mol. The highest BCUT2D eigenvalue weighted by Crippen LogP contribution is 2.25. The van der Waals surface area contributed by atoms with Crippen LogP contribution in [0.5, 0.6) is 0 Å². The van der Waals surface area contributed by atoms with Gasteiger partial charge in [0, 0.05) is 18.3 Å². The third-order valence-electron chi connectivity index (χ3n) is 3.12. The molecule has 0 amide bonds. The average molecular weight is 241 g/mol. The molecule has 1 aliphatic heterocycles. The molecule has 3 heteroatoms. The van der Waals surface area contributed by atoms with Crippen LogP contribution in [-0.2, 0) is 4.74 Å². The molecule has 2 unspecified atom stereocenters. The number of likely N-dealkylation sites (tertiary alicyclic amines) is 1. The van der Waals surface area contributed by atoms with Crippen molar-refractivity contribution in [3.8, 4) is 0 Å². The Kier molecular flexibility index (Phi) is 5.02. The lowest BCUT2D eigenvalue weighted by Gasteiger charge is -2.29. The third kappa shape index (κ3) is 5.09. The van der Waals surface area contributed by atoms with E-state index in [4.69, 9.17) is 4.74 Å². The summed E-state index contributed by atoms with van der Waals surface area (Å²) >= 11 is 0. The molecule has 1 N–H and O–H groups in total. The Balaban J connectivity index is 2.35. The van der Waals surface area contributed by atoms with Crippen molar-refractivity contribution in [2.75, 3.05) is 13.2 Å². The maximum Gasteiger partial charge on any atom is 0.0793 e. The number of ether oxygens (including phenoxy) is 1. The zero-order valence-corrected chi connectivity index (χ0v) is 11.7. The van der Waals surface area contributed by atoms with Crippen LogP contribution in [-0.4, -0.2) is 40.9 Å². The normalized spacial score (nSPS) is 22.9. The third-order valence-corrected chi connectivity index (χ3v) is 3.12. The molecular formula is C14H27NO2. The summed E-state index contributed by atoms with van der Waals surface area (Å²) < 4.78 is 5.61. The quantitative estimate of drug-likeness (QED) is 0.803. The van der Waals surface area contributed by atoms with E-state index in [2.05, 4.69) is 11.5 Å². The first-order valence-corrected chi connectivity index (χ1v) is 6.54. The predicted octanol–water partition coefficient (Wildman–Crippen LogP) is 2.55. The summed E-state index contributed by atoms with van der Waals surface area (Å²) in [4.78, 5) is 2.31. The minimum Gasteiger partial charge on any atom is -0.391 e. The number of hydrogen-bond acceptors (Lipinski definition) is 3. The number of rotatable bonds is 5. The van der Waals surface area contributed by atoms with Gasteiger partial charge in [0.2, 0.25) is 0 Å². The van der Waals surface area contributed by atoms with Crippen molar-refractivity contribution in [3.05, 3.63) is 12.3 Å². The number of nitrogens with zero attached hydrogens (tertiary/aromatic N) is 1. The summed E-state index contributed by atoms with van der Waals surface area (Å²) in [7, 11) is 0. The summed E-state index contributed by atoms with van der Waals surface area (Å²) in [6.07, 6.45) is 2.76. The van der Waals surface area contributed by atoms with E-state index >= 15 is 0 Å². The monoisotopic (exact) mass is 241 g/mol. The van der Waals surface area contributed by atoms with Crippen LogP contribution in [0.25, 0.3) is 0 Å². The van der Waals surface area contributed by atoms with E-state index in [1.165, 1.54) is 6.42 Å². The van der Waals surface area contributed by atoms with Gasteiger partial charge >= 0.3 is 0 Å². The van der Waals surface area contributed by atoms with Gasteiger partial charge in [-0.1, -0.05) is 6.58 Å². The molecule has 2 atom stereocenters. The molecule has 1 rings (SSSR count). The molecule has 1 fully saturated rings. The van der Waals surface area contributed by atoms with Gasteiger partial charge in [0.05, 0.1) is 18.3 Å². The largest absolute Gasteiger partial charge is 0.391 e. The van der Waals surface area contributed by atoms with Gasteiger partial charge in [0.25, 0.3) is 0 Å². The molecule has 1 saturated heterocycles. The van der Waals surface area contributed by atoms with Crippen molar-refractivity contribution in [3.63, 3.8) is 0 Å². The zero-order valence-electron chi connectivity index (χ0n) is 11.7. The van der Waals surface area contributed by atoms with Crippen molar-refractivity contribution in [2.24, 2.45) is 0 Å². The zero-order chi connectivity index (χ0) is 13.1. The standard InChI is InChI=1S/C14H27NO2/c1-11(2)15-8-6-7-12(15)9-13(16)10-17-14(3,4)5/h12-13,16H,1,6-10H2,2-5H3. The Morgan fingerprint density at radius 1 is 1.53 bits per heavy atom. The first-order valence-electron chi connectivity index (χ1n) is 6.54. The molecule has 100 valence electrons. The molecule has 0 spiro atoms. The highest BCUT2D eigenvalue weighted by atomic mass is 16.5. The Labute approximate surface area is 105 Å². The number of aliphatic hydroxyl groups excluding tert-OH is 1. The SMILES string of the molecule is C=C(C)N1CCCC1CC(O)COC(C)(C)C. The lowest BCUT2D eigenvalue weighted by atomic mass is 10.1. The topological polar surface area (TPSA) is 32.7 Å². The second kappa shape index (κ2) is 5.87. The Hall–Kier alpha value is -0.540.